The molecule has 24 heavy (non-hydrogen) atoms. The highest BCUT2D eigenvalue weighted by Crippen LogP contribution is 2.41. The lowest BCUT2D eigenvalue weighted by molar-refractivity contribution is -0.151. The number of allylic oxidation sites excluding steroid dienone is 2. The predicted molar refractivity (Wildman–Crippen MR) is 96.0 cm³/mol. The topological polar surface area (TPSA) is 43.4 Å². The van der Waals surface area contributed by atoms with Crippen LogP contribution in [0.5, 0.6) is 0 Å². The molecule has 3 nitrogen and oxygen atoms in total. The SMILES string of the molecule is CCOC(=O)[C@@H]1C(=O)C=C(c2cccs2)C[C@H]1c1ccc(C)cc1. The maximum absolute atomic E-state index is 12.7. The Morgan fingerprint density at radius 2 is 2.00 bits per heavy atom. The molecule has 1 aromatic heterocycles. The van der Waals surface area contributed by atoms with E-state index >= 15 is 0 Å². The molecular weight excluding hydrogens is 320 g/mol. The normalized spacial score (nSPS) is 20.6. The molecule has 4 heteroatoms. The molecule has 1 aliphatic rings. The summed E-state index contributed by atoms with van der Waals surface area (Å²) in [6.07, 6.45) is 2.29. The number of ether oxygens (including phenoxy) is 1. The van der Waals surface area contributed by atoms with Crippen molar-refractivity contribution < 1.29 is 14.3 Å². The lowest BCUT2D eigenvalue weighted by atomic mass is 9.74. The molecule has 0 spiro atoms. The van der Waals surface area contributed by atoms with Crippen LogP contribution in [0.1, 0.15) is 35.3 Å². The van der Waals surface area contributed by atoms with Crippen LogP contribution >= 0.6 is 11.3 Å². The minimum Gasteiger partial charge on any atom is -0.465 e. The second-order valence-electron chi connectivity index (χ2n) is 6.00. The van der Waals surface area contributed by atoms with E-state index in [4.69, 9.17) is 4.74 Å². The molecule has 0 saturated carbocycles. The van der Waals surface area contributed by atoms with Gasteiger partial charge >= 0.3 is 5.97 Å². The number of aryl methyl sites for hydroxylation is 1. The number of carbonyl (C=O) groups excluding carboxylic acids is 2. The average molecular weight is 340 g/mol. The highest BCUT2D eigenvalue weighted by atomic mass is 32.1. The molecule has 2 atom stereocenters. The zero-order chi connectivity index (χ0) is 17.1. The maximum Gasteiger partial charge on any atom is 0.317 e. The number of rotatable bonds is 4. The zero-order valence-corrected chi connectivity index (χ0v) is 14.6. The number of hydrogen-bond donors (Lipinski definition) is 0. The zero-order valence-electron chi connectivity index (χ0n) is 13.8. The quantitative estimate of drug-likeness (QED) is 0.613. The van der Waals surface area contributed by atoms with Crippen molar-refractivity contribution >= 4 is 28.7 Å². The number of carbonyl (C=O) groups is 2. The molecule has 1 heterocycles. The van der Waals surface area contributed by atoms with Crippen LogP contribution in [0.4, 0.5) is 0 Å². The molecule has 0 fully saturated rings. The number of esters is 1. The van der Waals surface area contributed by atoms with Crippen molar-refractivity contribution in [2.75, 3.05) is 6.61 Å². The Labute approximate surface area is 146 Å². The summed E-state index contributed by atoms with van der Waals surface area (Å²) in [6, 6.07) is 12.0. The summed E-state index contributed by atoms with van der Waals surface area (Å²) >= 11 is 1.61. The third-order valence-corrected chi connectivity index (χ3v) is 5.29. The third kappa shape index (κ3) is 3.34. The van der Waals surface area contributed by atoms with Crippen molar-refractivity contribution in [3.05, 3.63) is 63.9 Å². The Hall–Kier alpha value is -2.20. The van der Waals surface area contributed by atoms with Gasteiger partial charge in [0.1, 0.15) is 5.92 Å². The number of ketones is 1. The fourth-order valence-corrected chi connectivity index (χ4v) is 3.90. The van der Waals surface area contributed by atoms with Gasteiger partial charge in [0.05, 0.1) is 6.61 Å². The monoisotopic (exact) mass is 340 g/mol. The number of thiophene rings is 1. The summed E-state index contributed by atoms with van der Waals surface area (Å²) in [4.78, 5) is 26.2. The van der Waals surface area contributed by atoms with Gasteiger partial charge in [0.25, 0.3) is 0 Å². The van der Waals surface area contributed by atoms with Gasteiger partial charge in [0.2, 0.25) is 0 Å². The van der Waals surface area contributed by atoms with Gasteiger partial charge in [0, 0.05) is 10.8 Å². The fourth-order valence-electron chi connectivity index (χ4n) is 3.14. The van der Waals surface area contributed by atoms with Crippen LogP contribution in [0.15, 0.2) is 47.9 Å². The van der Waals surface area contributed by atoms with E-state index in [0.29, 0.717) is 6.42 Å². The Morgan fingerprint density at radius 3 is 2.62 bits per heavy atom. The van der Waals surface area contributed by atoms with Crippen molar-refractivity contribution in [1.29, 1.82) is 0 Å². The first kappa shape index (κ1) is 16.7. The molecule has 0 N–H and O–H groups in total. The summed E-state index contributed by atoms with van der Waals surface area (Å²) in [5.74, 6) is -1.51. The van der Waals surface area contributed by atoms with E-state index < -0.39 is 11.9 Å². The van der Waals surface area contributed by atoms with E-state index in [0.717, 1.165) is 21.6 Å². The molecule has 0 aliphatic heterocycles. The van der Waals surface area contributed by atoms with E-state index in [1.54, 1.807) is 24.3 Å². The van der Waals surface area contributed by atoms with Crippen molar-refractivity contribution in [3.63, 3.8) is 0 Å². The Morgan fingerprint density at radius 1 is 1.25 bits per heavy atom. The van der Waals surface area contributed by atoms with Crippen LogP contribution in [0.3, 0.4) is 0 Å². The van der Waals surface area contributed by atoms with Gasteiger partial charge in [-0.3, -0.25) is 9.59 Å². The molecule has 0 radical (unpaired) electrons. The van der Waals surface area contributed by atoms with E-state index in [1.807, 2.05) is 48.7 Å². The molecule has 0 unspecified atom stereocenters. The average Bonchev–Trinajstić information content (AvgIpc) is 3.09. The molecule has 2 aromatic rings. The van der Waals surface area contributed by atoms with Crippen LogP contribution < -0.4 is 0 Å². The van der Waals surface area contributed by atoms with Crippen molar-refractivity contribution in [3.8, 4) is 0 Å². The minimum absolute atomic E-state index is 0.159. The minimum atomic E-state index is -0.753. The lowest BCUT2D eigenvalue weighted by Crippen LogP contribution is -2.33. The van der Waals surface area contributed by atoms with Crippen LogP contribution in [0, 0.1) is 12.8 Å². The van der Waals surface area contributed by atoms with Gasteiger partial charge in [-0.2, -0.15) is 0 Å². The van der Waals surface area contributed by atoms with Crippen LogP contribution in [-0.2, 0) is 14.3 Å². The van der Waals surface area contributed by atoms with Crippen molar-refractivity contribution in [2.45, 2.75) is 26.2 Å². The standard InChI is InChI=1S/C20H20O3S/c1-3-23-20(22)19-16(14-8-6-13(2)7-9-14)11-15(12-17(19)21)18-5-4-10-24-18/h4-10,12,16,19H,3,11H2,1-2H3/t16-,19-/m0/s1. The summed E-state index contributed by atoms with van der Waals surface area (Å²) in [5.41, 5.74) is 3.16. The molecule has 3 rings (SSSR count). The molecule has 124 valence electrons. The van der Waals surface area contributed by atoms with E-state index in [1.165, 1.54) is 0 Å². The summed E-state index contributed by atoms with van der Waals surface area (Å²) in [7, 11) is 0. The molecule has 1 aliphatic carbocycles. The maximum atomic E-state index is 12.7. The molecular formula is C20H20O3S. The Kier molecular flexibility index (Phi) is 4.95. The third-order valence-electron chi connectivity index (χ3n) is 4.35. The Bertz CT molecular complexity index is 757. The number of benzene rings is 1. The predicted octanol–water partition coefficient (Wildman–Crippen LogP) is 4.38. The Balaban J connectivity index is 2.00. The van der Waals surface area contributed by atoms with Gasteiger partial charge in [-0.25, -0.2) is 0 Å². The van der Waals surface area contributed by atoms with Crippen LogP contribution in [-0.4, -0.2) is 18.4 Å². The summed E-state index contributed by atoms with van der Waals surface area (Å²) in [6.45, 7) is 4.07. The van der Waals surface area contributed by atoms with Gasteiger partial charge < -0.3 is 4.74 Å². The molecule has 0 amide bonds. The number of hydrogen-bond acceptors (Lipinski definition) is 4. The first-order valence-corrected chi connectivity index (χ1v) is 8.99. The van der Waals surface area contributed by atoms with E-state index in [2.05, 4.69) is 0 Å². The first-order chi connectivity index (χ1) is 11.6. The molecule has 1 aromatic carbocycles. The van der Waals surface area contributed by atoms with Crippen molar-refractivity contribution in [1.82, 2.24) is 0 Å². The van der Waals surface area contributed by atoms with Crippen LogP contribution in [0.2, 0.25) is 0 Å². The highest BCUT2D eigenvalue weighted by Gasteiger charge is 2.39. The van der Waals surface area contributed by atoms with Gasteiger partial charge in [-0.15, -0.1) is 11.3 Å². The lowest BCUT2D eigenvalue weighted by Gasteiger charge is -2.29. The van der Waals surface area contributed by atoms with E-state index in [9.17, 15) is 9.59 Å². The summed E-state index contributed by atoms with van der Waals surface area (Å²) in [5, 5.41) is 2.00. The largest absolute Gasteiger partial charge is 0.465 e. The van der Waals surface area contributed by atoms with Crippen LogP contribution in [0.25, 0.3) is 5.57 Å². The van der Waals surface area contributed by atoms with Gasteiger partial charge in [0.15, 0.2) is 5.78 Å². The van der Waals surface area contributed by atoms with E-state index in [-0.39, 0.29) is 18.3 Å². The molecule has 0 bridgehead atoms. The molecule has 0 saturated heterocycles. The highest BCUT2D eigenvalue weighted by molar-refractivity contribution is 7.11. The first-order valence-electron chi connectivity index (χ1n) is 8.11. The van der Waals surface area contributed by atoms with Crippen molar-refractivity contribution in [2.24, 2.45) is 5.92 Å². The summed E-state index contributed by atoms with van der Waals surface area (Å²) < 4.78 is 5.17. The fraction of sp³-hybridized carbons (Fsp3) is 0.300. The second kappa shape index (κ2) is 7.14. The smallest absolute Gasteiger partial charge is 0.317 e. The van der Waals surface area contributed by atoms with Gasteiger partial charge in [-0.05, 0) is 48.9 Å². The van der Waals surface area contributed by atoms with Gasteiger partial charge in [-0.1, -0.05) is 35.9 Å². The second-order valence-corrected chi connectivity index (χ2v) is 6.95.